The minimum Gasteiger partial charge on any atom is -0.480 e. The van der Waals surface area contributed by atoms with Crippen LogP contribution in [0.2, 0.25) is 0 Å². The highest BCUT2D eigenvalue weighted by molar-refractivity contribution is 5.85. The van der Waals surface area contributed by atoms with E-state index in [0.29, 0.717) is 12.8 Å². The summed E-state index contributed by atoms with van der Waals surface area (Å²) in [6.07, 6.45) is 0.630. The summed E-state index contributed by atoms with van der Waals surface area (Å²) in [6.45, 7) is 5.99. The average molecular weight is 305 g/mol. The standard InChI is InChI=1S/C15H25F2NO3/c1-14(2,3)7-6-11(13(20)21)18-12(19)10-4-8-15(16,17)9-5-10/h10-11H,4-9H2,1-3H3,(H,18,19)(H,20,21). The van der Waals surface area contributed by atoms with E-state index < -0.39 is 29.8 Å². The van der Waals surface area contributed by atoms with Crippen LogP contribution in [-0.4, -0.2) is 28.9 Å². The first-order valence-electron chi connectivity index (χ1n) is 7.41. The number of rotatable bonds is 5. The van der Waals surface area contributed by atoms with E-state index in [0.717, 1.165) is 0 Å². The fraction of sp³-hybridized carbons (Fsp3) is 0.867. The van der Waals surface area contributed by atoms with Crippen LogP contribution < -0.4 is 5.32 Å². The first kappa shape index (κ1) is 17.9. The van der Waals surface area contributed by atoms with E-state index in [9.17, 15) is 18.4 Å². The average Bonchev–Trinajstić information content (AvgIpc) is 2.32. The first-order chi connectivity index (χ1) is 9.50. The Morgan fingerprint density at radius 3 is 2.24 bits per heavy atom. The van der Waals surface area contributed by atoms with Crippen molar-refractivity contribution in [2.24, 2.45) is 11.3 Å². The van der Waals surface area contributed by atoms with Crippen molar-refractivity contribution in [2.75, 3.05) is 0 Å². The summed E-state index contributed by atoms with van der Waals surface area (Å²) in [4.78, 5) is 23.2. The Morgan fingerprint density at radius 2 is 1.81 bits per heavy atom. The van der Waals surface area contributed by atoms with Gasteiger partial charge in [-0.1, -0.05) is 20.8 Å². The van der Waals surface area contributed by atoms with Crippen LogP contribution in [-0.2, 0) is 9.59 Å². The Morgan fingerprint density at radius 1 is 1.29 bits per heavy atom. The highest BCUT2D eigenvalue weighted by atomic mass is 19.3. The topological polar surface area (TPSA) is 66.4 Å². The number of hydrogen-bond acceptors (Lipinski definition) is 2. The Balaban J connectivity index is 2.51. The summed E-state index contributed by atoms with van der Waals surface area (Å²) in [7, 11) is 0. The van der Waals surface area contributed by atoms with Gasteiger partial charge in [-0.15, -0.1) is 0 Å². The summed E-state index contributed by atoms with van der Waals surface area (Å²) in [6, 6.07) is -0.945. The smallest absolute Gasteiger partial charge is 0.326 e. The zero-order valence-electron chi connectivity index (χ0n) is 12.9. The zero-order chi connectivity index (χ0) is 16.3. The third-order valence-electron chi connectivity index (χ3n) is 3.89. The lowest BCUT2D eigenvalue weighted by atomic mass is 9.85. The van der Waals surface area contributed by atoms with E-state index in [1.807, 2.05) is 20.8 Å². The number of carbonyl (C=O) groups excluding carboxylic acids is 1. The Bertz CT molecular complexity index is 381. The van der Waals surface area contributed by atoms with Gasteiger partial charge >= 0.3 is 5.97 Å². The number of nitrogens with one attached hydrogen (secondary N) is 1. The van der Waals surface area contributed by atoms with Gasteiger partial charge in [0.2, 0.25) is 11.8 Å². The van der Waals surface area contributed by atoms with E-state index >= 15 is 0 Å². The van der Waals surface area contributed by atoms with Gasteiger partial charge in [0, 0.05) is 18.8 Å². The number of carbonyl (C=O) groups is 2. The first-order valence-corrected chi connectivity index (χ1v) is 7.41. The summed E-state index contributed by atoms with van der Waals surface area (Å²) in [5.74, 6) is -4.67. The van der Waals surface area contributed by atoms with Crippen LogP contribution in [0.4, 0.5) is 8.78 Å². The highest BCUT2D eigenvalue weighted by Crippen LogP contribution is 2.36. The number of hydrogen-bond donors (Lipinski definition) is 2. The third-order valence-corrected chi connectivity index (χ3v) is 3.89. The Hall–Kier alpha value is -1.20. The van der Waals surface area contributed by atoms with Crippen molar-refractivity contribution in [1.29, 1.82) is 0 Å². The van der Waals surface area contributed by atoms with Crippen LogP contribution in [0.1, 0.15) is 59.3 Å². The minimum absolute atomic E-state index is 0.0225. The van der Waals surface area contributed by atoms with Crippen molar-refractivity contribution < 1.29 is 23.5 Å². The summed E-state index contributed by atoms with van der Waals surface area (Å²) >= 11 is 0. The molecule has 1 amide bonds. The Labute approximate surface area is 124 Å². The van der Waals surface area contributed by atoms with E-state index in [1.54, 1.807) is 0 Å². The van der Waals surface area contributed by atoms with Gasteiger partial charge in [-0.3, -0.25) is 4.79 Å². The molecule has 0 heterocycles. The minimum atomic E-state index is -2.69. The van der Waals surface area contributed by atoms with Crippen molar-refractivity contribution in [3.8, 4) is 0 Å². The SMILES string of the molecule is CC(C)(C)CCC(NC(=O)C1CCC(F)(F)CC1)C(=O)O. The van der Waals surface area contributed by atoms with Crippen LogP contribution in [0.15, 0.2) is 0 Å². The summed E-state index contributed by atoms with van der Waals surface area (Å²) < 4.78 is 26.1. The molecule has 1 aliphatic carbocycles. The van der Waals surface area contributed by atoms with Crippen LogP contribution in [0.5, 0.6) is 0 Å². The van der Waals surface area contributed by atoms with Crippen molar-refractivity contribution in [3.63, 3.8) is 0 Å². The monoisotopic (exact) mass is 305 g/mol. The molecule has 1 atom stereocenters. The number of carboxylic acids is 1. The molecule has 0 aromatic heterocycles. The van der Waals surface area contributed by atoms with Gasteiger partial charge in [0.25, 0.3) is 0 Å². The van der Waals surface area contributed by atoms with E-state index in [4.69, 9.17) is 5.11 Å². The van der Waals surface area contributed by atoms with Gasteiger partial charge in [0.05, 0.1) is 0 Å². The molecule has 1 saturated carbocycles. The second-order valence-electron chi connectivity index (χ2n) is 7.13. The van der Waals surface area contributed by atoms with Gasteiger partial charge in [-0.05, 0) is 31.1 Å². The maximum atomic E-state index is 13.1. The number of aliphatic carboxylic acids is 1. The van der Waals surface area contributed by atoms with Crippen LogP contribution in [0.25, 0.3) is 0 Å². The third kappa shape index (κ3) is 6.40. The lowest BCUT2D eigenvalue weighted by Crippen LogP contribution is -2.45. The largest absolute Gasteiger partial charge is 0.480 e. The molecule has 4 nitrogen and oxygen atoms in total. The van der Waals surface area contributed by atoms with Gasteiger partial charge in [0.15, 0.2) is 0 Å². The molecule has 2 N–H and O–H groups in total. The fourth-order valence-corrected chi connectivity index (χ4v) is 2.43. The molecule has 1 fully saturated rings. The molecule has 0 aromatic rings. The lowest BCUT2D eigenvalue weighted by molar-refractivity contribution is -0.143. The zero-order valence-corrected chi connectivity index (χ0v) is 12.9. The maximum Gasteiger partial charge on any atom is 0.326 e. The second-order valence-corrected chi connectivity index (χ2v) is 7.13. The lowest BCUT2D eigenvalue weighted by Gasteiger charge is -2.28. The van der Waals surface area contributed by atoms with Gasteiger partial charge < -0.3 is 10.4 Å². The van der Waals surface area contributed by atoms with Crippen molar-refractivity contribution in [1.82, 2.24) is 5.32 Å². The predicted molar refractivity (Wildman–Crippen MR) is 75.2 cm³/mol. The van der Waals surface area contributed by atoms with Crippen LogP contribution in [0, 0.1) is 11.3 Å². The molecule has 0 bridgehead atoms. The molecular weight excluding hydrogens is 280 g/mol. The molecule has 0 radical (unpaired) electrons. The summed E-state index contributed by atoms with van der Waals surface area (Å²) in [5.41, 5.74) is -0.0225. The molecule has 1 aliphatic rings. The van der Waals surface area contributed by atoms with E-state index in [2.05, 4.69) is 5.32 Å². The quantitative estimate of drug-likeness (QED) is 0.819. The second kappa shape index (κ2) is 6.71. The fourth-order valence-electron chi connectivity index (χ4n) is 2.43. The molecule has 1 unspecified atom stereocenters. The van der Waals surface area contributed by atoms with Crippen LogP contribution in [0.3, 0.4) is 0 Å². The molecular formula is C15H25F2NO3. The maximum absolute atomic E-state index is 13.1. The van der Waals surface area contributed by atoms with Gasteiger partial charge in [-0.25, -0.2) is 13.6 Å². The molecule has 0 spiro atoms. The number of alkyl halides is 2. The van der Waals surface area contributed by atoms with Gasteiger partial charge in [-0.2, -0.15) is 0 Å². The number of carboxylic acid groups (broad SMARTS) is 1. The van der Waals surface area contributed by atoms with Crippen molar-refractivity contribution >= 4 is 11.9 Å². The number of halogens is 2. The summed E-state index contributed by atoms with van der Waals surface area (Å²) in [5, 5.41) is 11.7. The van der Waals surface area contributed by atoms with E-state index in [-0.39, 0.29) is 31.1 Å². The predicted octanol–water partition coefficient (Wildman–Crippen LogP) is 3.21. The molecule has 21 heavy (non-hydrogen) atoms. The van der Waals surface area contributed by atoms with Gasteiger partial charge in [0.1, 0.15) is 6.04 Å². The van der Waals surface area contributed by atoms with Crippen LogP contribution >= 0.6 is 0 Å². The molecule has 6 heteroatoms. The van der Waals surface area contributed by atoms with Crippen molar-refractivity contribution in [3.05, 3.63) is 0 Å². The Kier molecular flexibility index (Phi) is 5.70. The molecule has 122 valence electrons. The molecule has 0 aromatic carbocycles. The normalized spacial score (nSPS) is 20.8. The van der Waals surface area contributed by atoms with E-state index in [1.165, 1.54) is 0 Å². The number of amides is 1. The van der Waals surface area contributed by atoms with Crippen molar-refractivity contribution in [2.45, 2.75) is 71.3 Å². The molecule has 1 rings (SSSR count). The molecule has 0 aliphatic heterocycles. The molecule has 0 saturated heterocycles. The highest BCUT2D eigenvalue weighted by Gasteiger charge is 2.38.